The summed E-state index contributed by atoms with van der Waals surface area (Å²) in [5.41, 5.74) is 4.80. The van der Waals surface area contributed by atoms with Crippen molar-refractivity contribution in [3.63, 3.8) is 0 Å². The summed E-state index contributed by atoms with van der Waals surface area (Å²) in [6, 6.07) is 14.0. The lowest BCUT2D eigenvalue weighted by molar-refractivity contribution is -0.0987. The molecule has 2 aromatic carbocycles. The van der Waals surface area contributed by atoms with E-state index >= 15 is 0 Å². The van der Waals surface area contributed by atoms with Gasteiger partial charge in [0, 0.05) is 23.6 Å². The summed E-state index contributed by atoms with van der Waals surface area (Å²) in [4.78, 5) is 14.0. The minimum Gasteiger partial charge on any atom is -0.390 e. The number of fused-ring (bicyclic) bond motifs is 4. The Morgan fingerprint density at radius 2 is 1.73 bits per heavy atom. The maximum absolute atomic E-state index is 14.0. The Labute approximate surface area is 204 Å². The molecule has 0 amide bonds. The average Bonchev–Trinajstić information content (AvgIpc) is 3.38. The van der Waals surface area contributed by atoms with Gasteiger partial charge in [0.25, 0.3) is 5.56 Å². The van der Waals surface area contributed by atoms with Crippen LogP contribution in [0.3, 0.4) is 0 Å². The van der Waals surface area contributed by atoms with E-state index in [1.807, 2.05) is 58.9 Å². The van der Waals surface area contributed by atoms with Crippen molar-refractivity contribution in [2.75, 3.05) is 0 Å². The molecule has 1 N–H and O–H groups in total. The molecule has 0 saturated heterocycles. The zero-order valence-electron chi connectivity index (χ0n) is 18.4. The minimum atomic E-state index is -0.482. The number of halogens is 1. The first kappa shape index (κ1) is 21.3. The number of hydrogen-bond acceptors (Lipinski definition) is 5. The molecule has 3 aliphatic carbocycles. The molecule has 6 nitrogen and oxygen atoms in total. The maximum atomic E-state index is 14.0. The molecule has 7 rings (SSSR count). The van der Waals surface area contributed by atoms with Crippen LogP contribution in [0, 0.1) is 5.41 Å². The normalized spacial score (nSPS) is 24.6. The average molecular weight is 525 g/mol. The Morgan fingerprint density at radius 3 is 2.45 bits per heavy atom. The Bertz CT molecular complexity index is 1410. The standard InChI is InChI=1S/C25H25BrN4O2S/c1-29-22(17-5-6-19-20(14-17)28-33-27-19)21(16-3-2-4-18(26)13-16)23(31)30(29)15-24-7-10-25(32,11-8-24)12-9-24/h2-6,13-14,32H,7-12,15H2,1H3. The van der Waals surface area contributed by atoms with Gasteiger partial charge in [-0.15, -0.1) is 0 Å². The summed E-state index contributed by atoms with van der Waals surface area (Å²) < 4.78 is 13.6. The molecule has 0 unspecified atom stereocenters. The highest BCUT2D eigenvalue weighted by Crippen LogP contribution is 2.53. The second-order valence-corrected chi connectivity index (χ2v) is 11.3. The summed E-state index contributed by atoms with van der Waals surface area (Å²) in [5, 5.41) is 10.7. The molecule has 3 saturated carbocycles. The van der Waals surface area contributed by atoms with E-state index in [0.717, 1.165) is 70.9 Å². The third-order valence-corrected chi connectivity index (χ3v) is 8.91. The van der Waals surface area contributed by atoms with Crippen LogP contribution < -0.4 is 5.56 Å². The highest BCUT2D eigenvalue weighted by Gasteiger charge is 2.48. The van der Waals surface area contributed by atoms with Gasteiger partial charge in [-0.25, -0.2) is 4.68 Å². The first-order valence-electron chi connectivity index (χ1n) is 11.4. The summed E-state index contributed by atoms with van der Waals surface area (Å²) in [6.45, 7) is 0.680. The predicted octanol–water partition coefficient (Wildman–Crippen LogP) is 5.37. The molecule has 0 atom stereocenters. The van der Waals surface area contributed by atoms with Crippen molar-refractivity contribution < 1.29 is 5.11 Å². The molecule has 0 spiro atoms. The van der Waals surface area contributed by atoms with E-state index in [9.17, 15) is 9.90 Å². The van der Waals surface area contributed by atoms with Crippen molar-refractivity contribution in [1.82, 2.24) is 18.1 Å². The van der Waals surface area contributed by atoms with Crippen molar-refractivity contribution in [2.24, 2.45) is 12.5 Å². The van der Waals surface area contributed by atoms with Crippen molar-refractivity contribution in [2.45, 2.75) is 50.7 Å². The number of benzene rings is 2. The molecule has 4 aromatic rings. The SMILES string of the molecule is Cn1c(-c2ccc3nsnc3c2)c(-c2cccc(Br)c2)c(=O)n1CC12CCC(O)(CC1)CC2. The van der Waals surface area contributed by atoms with Crippen molar-refractivity contribution in [3.8, 4) is 22.4 Å². The Balaban J connectivity index is 1.53. The van der Waals surface area contributed by atoms with Gasteiger partial charge in [0.05, 0.1) is 28.6 Å². The van der Waals surface area contributed by atoms with Crippen LogP contribution in [-0.4, -0.2) is 28.8 Å². The molecular weight excluding hydrogens is 500 g/mol. The van der Waals surface area contributed by atoms with Gasteiger partial charge in [-0.3, -0.25) is 9.48 Å². The fraction of sp³-hybridized carbons (Fsp3) is 0.400. The molecule has 3 aliphatic rings. The smallest absolute Gasteiger partial charge is 0.275 e. The van der Waals surface area contributed by atoms with E-state index in [-0.39, 0.29) is 11.0 Å². The molecule has 2 bridgehead atoms. The second-order valence-electron chi connectivity index (χ2n) is 9.81. The van der Waals surface area contributed by atoms with Gasteiger partial charge in [-0.1, -0.05) is 34.1 Å². The lowest BCUT2D eigenvalue weighted by atomic mass is 9.58. The van der Waals surface area contributed by atoms with Gasteiger partial charge >= 0.3 is 0 Å². The Morgan fingerprint density at radius 1 is 1.00 bits per heavy atom. The third kappa shape index (κ3) is 3.50. The lowest BCUT2D eigenvalue weighted by Gasteiger charge is -2.51. The van der Waals surface area contributed by atoms with Gasteiger partial charge < -0.3 is 5.11 Å². The van der Waals surface area contributed by atoms with Gasteiger partial charge in [-0.05, 0) is 73.8 Å². The van der Waals surface area contributed by atoms with Crippen molar-refractivity contribution in [3.05, 3.63) is 57.3 Å². The third-order valence-electron chi connectivity index (χ3n) is 7.86. The van der Waals surface area contributed by atoms with Gasteiger partial charge in [-0.2, -0.15) is 8.75 Å². The molecule has 0 radical (unpaired) electrons. The number of aromatic nitrogens is 4. The lowest BCUT2D eigenvalue weighted by Crippen LogP contribution is -2.48. The molecule has 0 aliphatic heterocycles. The largest absolute Gasteiger partial charge is 0.390 e. The summed E-state index contributed by atoms with van der Waals surface area (Å²) in [5.74, 6) is 0. The van der Waals surface area contributed by atoms with E-state index in [1.54, 1.807) is 0 Å². The summed E-state index contributed by atoms with van der Waals surface area (Å²) >= 11 is 4.77. The predicted molar refractivity (Wildman–Crippen MR) is 134 cm³/mol. The van der Waals surface area contributed by atoms with E-state index in [2.05, 4.69) is 24.7 Å². The first-order valence-corrected chi connectivity index (χ1v) is 12.9. The number of rotatable bonds is 4. The molecule has 170 valence electrons. The first-order chi connectivity index (χ1) is 15.9. The van der Waals surface area contributed by atoms with Crippen LogP contribution in [0.2, 0.25) is 0 Å². The zero-order chi connectivity index (χ0) is 22.8. The van der Waals surface area contributed by atoms with E-state index in [0.29, 0.717) is 12.1 Å². The second kappa shape index (κ2) is 7.61. The van der Waals surface area contributed by atoms with Crippen LogP contribution in [0.15, 0.2) is 51.7 Å². The number of hydrogen-bond donors (Lipinski definition) is 1. The molecule has 2 aromatic heterocycles. The van der Waals surface area contributed by atoms with E-state index in [4.69, 9.17) is 0 Å². The van der Waals surface area contributed by atoms with Crippen LogP contribution in [0.4, 0.5) is 0 Å². The van der Waals surface area contributed by atoms with Gasteiger partial charge in [0.15, 0.2) is 0 Å². The molecule has 3 fully saturated rings. The minimum absolute atomic E-state index is 0.0304. The van der Waals surface area contributed by atoms with Crippen molar-refractivity contribution in [1.29, 1.82) is 0 Å². The monoisotopic (exact) mass is 524 g/mol. The molecule has 8 heteroatoms. The van der Waals surface area contributed by atoms with E-state index < -0.39 is 5.60 Å². The fourth-order valence-electron chi connectivity index (χ4n) is 5.79. The highest BCUT2D eigenvalue weighted by molar-refractivity contribution is 9.10. The Hall–Kier alpha value is -2.29. The number of nitrogens with zero attached hydrogens (tertiary/aromatic N) is 4. The van der Waals surface area contributed by atoms with Crippen LogP contribution in [-0.2, 0) is 13.6 Å². The fourth-order valence-corrected chi connectivity index (χ4v) is 6.71. The Kier molecular flexibility index (Phi) is 4.91. The van der Waals surface area contributed by atoms with Crippen LogP contribution in [0.1, 0.15) is 38.5 Å². The summed E-state index contributed by atoms with van der Waals surface area (Å²) in [7, 11) is 1.99. The van der Waals surface area contributed by atoms with E-state index in [1.165, 1.54) is 11.7 Å². The zero-order valence-corrected chi connectivity index (χ0v) is 20.8. The molecular formula is C25H25BrN4O2S. The summed E-state index contributed by atoms with van der Waals surface area (Å²) in [6.07, 6.45) is 5.43. The number of aliphatic hydroxyl groups is 1. The molecule has 2 heterocycles. The van der Waals surface area contributed by atoms with Crippen LogP contribution in [0.25, 0.3) is 33.4 Å². The van der Waals surface area contributed by atoms with Gasteiger partial charge in [0.1, 0.15) is 11.0 Å². The quantitative estimate of drug-likeness (QED) is 0.389. The highest BCUT2D eigenvalue weighted by atomic mass is 79.9. The van der Waals surface area contributed by atoms with Crippen molar-refractivity contribution >= 4 is 38.7 Å². The van der Waals surface area contributed by atoms with Crippen LogP contribution >= 0.6 is 27.7 Å². The van der Waals surface area contributed by atoms with Crippen LogP contribution in [0.5, 0.6) is 0 Å². The maximum Gasteiger partial charge on any atom is 0.275 e. The molecule has 33 heavy (non-hydrogen) atoms. The topological polar surface area (TPSA) is 72.9 Å². The van der Waals surface area contributed by atoms with Gasteiger partial charge in [0.2, 0.25) is 0 Å².